The summed E-state index contributed by atoms with van der Waals surface area (Å²) in [6, 6.07) is 0. The van der Waals surface area contributed by atoms with Gasteiger partial charge in [0.15, 0.2) is 6.10 Å². The minimum atomic E-state index is -0.826. The van der Waals surface area contributed by atoms with Crippen molar-refractivity contribution in [2.75, 3.05) is 13.2 Å². The molecule has 0 saturated heterocycles. The lowest BCUT2D eigenvalue weighted by Gasteiger charge is -2.18. The molecule has 0 aromatic rings. The van der Waals surface area contributed by atoms with E-state index in [0.717, 1.165) is 103 Å². The SMILES string of the molecule is CC/C=C\C/C=C\C/C=C\C/C=C\C/C=C\CC(=O)OCC(COC(=O)CCCCCCCCCCCCCCCCC/C=C\CCCCCCCCCC)OC(=O)CCCCCCCCC/C=C\C/C=C\C/C=C\CC. The first kappa shape index (κ1) is 73.1. The summed E-state index contributed by atoms with van der Waals surface area (Å²) in [4.78, 5) is 38.2. The quantitative estimate of drug-likeness (QED) is 0.0261. The molecule has 440 valence electrons. The molecule has 0 bridgehead atoms. The first-order chi connectivity index (χ1) is 38.0. The van der Waals surface area contributed by atoms with Crippen molar-refractivity contribution in [2.45, 2.75) is 309 Å². The van der Waals surface area contributed by atoms with E-state index < -0.39 is 12.1 Å². The Morgan fingerprint density at radius 2 is 0.558 bits per heavy atom. The predicted molar refractivity (Wildman–Crippen MR) is 334 cm³/mol. The van der Waals surface area contributed by atoms with Crippen molar-refractivity contribution in [1.29, 1.82) is 0 Å². The van der Waals surface area contributed by atoms with Gasteiger partial charge in [0, 0.05) is 12.8 Å². The Hall–Kier alpha value is -3.93. The molecule has 0 fully saturated rings. The van der Waals surface area contributed by atoms with Crippen LogP contribution in [-0.4, -0.2) is 37.2 Å². The van der Waals surface area contributed by atoms with E-state index in [0.29, 0.717) is 12.8 Å². The zero-order chi connectivity index (χ0) is 55.7. The summed E-state index contributed by atoms with van der Waals surface area (Å²) in [5, 5.41) is 0. The van der Waals surface area contributed by atoms with Crippen molar-refractivity contribution >= 4 is 17.9 Å². The lowest BCUT2D eigenvalue weighted by atomic mass is 10.0. The van der Waals surface area contributed by atoms with Crippen molar-refractivity contribution in [2.24, 2.45) is 0 Å². The Kier molecular flexibility index (Phi) is 61.3. The van der Waals surface area contributed by atoms with E-state index in [-0.39, 0.29) is 31.6 Å². The van der Waals surface area contributed by atoms with Gasteiger partial charge in [-0.2, -0.15) is 0 Å². The molecule has 0 amide bonds. The third-order valence-corrected chi connectivity index (χ3v) is 13.8. The summed E-state index contributed by atoms with van der Waals surface area (Å²) in [5.74, 6) is -1.05. The van der Waals surface area contributed by atoms with Crippen molar-refractivity contribution in [3.05, 3.63) is 109 Å². The third-order valence-electron chi connectivity index (χ3n) is 13.8. The predicted octanol–water partition coefficient (Wildman–Crippen LogP) is 22.2. The Labute approximate surface area is 476 Å². The summed E-state index contributed by atoms with van der Waals surface area (Å²) in [6.07, 6.45) is 88.5. The van der Waals surface area contributed by atoms with Gasteiger partial charge in [0.25, 0.3) is 0 Å². The average molecular weight is 1070 g/mol. The minimum Gasteiger partial charge on any atom is -0.462 e. The minimum absolute atomic E-state index is 0.112. The molecular weight excluding hydrogens is 949 g/mol. The molecule has 6 nitrogen and oxygen atoms in total. The zero-order valence-corrected chi connectivity index (χ0v) is 50.4. The van der Waals surface area contributed by atoms with Crippen LogP contribution in [0.25, 0.3) is 0 Å². The van der Waals surface area contributed by atoms with Gasteiger partial charge in [-0.05, 0) is 103 Å². The summed E-state index contributed by atoms with van der Waals surface area (Å²) in [5.41, 5.74) is 0. The van der Waals surface area contributed by atoms with Gasteiger partial charge in [-0.15, -0.1) is 0 Å². The van der Waals surface area contributed by atoms with Crippen LogP contribution in [0.3, 0.4) is 0 Å². The van der Waals surface area contributed by atoms with E-state index in [1.165, 1.54) is 161 Å². The van der Waals surface area contributed by atoms with Gasteiger partial charge in [0.2, 0.25) is 0 Å². The lowest BCUT2D eigenvalue weighted by Crippen LogP contribution is -2.30. The number of carbonyl (C=O) groups is 3. The van der Waals surface area contributed by atoms with Gasteiger partial charge < -0.3 is 14.2 Å². The summed E-state index contributed by atoms with van der Waals surface area (Å²) >= 11 is 0. The first-order valence-electron chi connectivity index (χ1n) is 32.4. The molecule has 0 aromatic heterocycles. The summed E-state index contributed by atoms with van der Waals surface area (Å²) in [7, 11) is 0. The molecule has 0 spiro atoms. The Bertz CT molecular complexity index is 1560. The molecule has 6 heteroatoms. The van der Waals surface area contributed by atoms with E-state index >= 15 is 0 Å². The molecule has 0 radical (unpaired) electrons. The standard InChI is InChI=1S/C71H120O6/c1-4-7-10-13-16-19-22-25-28-30-31-32-33-34-35-36-37-38-39-41-43-46-49-52-55-58-61-64-70(73)76-67-68(66-75-69(72)63-60-57-54-51-48-45-42-27-24-21-18-15-12-9-6-3)77-71(74)65-62-59-56-53-50-47-44-40-29-26-23-20-17-14-11-8-5-2/h8-9,11-12,17-18,20-21,26-27,29-31,42,48,51,57,60,68H,4-7,10,13-16,19,22-25,28,32-41,43-47,49-50,52-56,58-59,61-67H2,1-3H3/b11-8-,12-9-,20-17-,21-18-,29-26-,31-30-,42-27-,51-48-,60-57-. The highest BCUT2D eigenvalue weighted by Gasteiger charge is 2.19. The van der Waals surface area contributed by atoms with Crippen LogP contribution in [0, 0.1) is 0 Å². The molecule has 77 heavy (non-hydrogen) atoms. The number of ether oxygens (including phenoxy) is 3. The molecule has 0 aliphatic rings. The third kappa shape index (κ3) is 62.8. The van der Waals surface area contributed by atoms with Gasteiger partial charge in [0.1, 0.15) is 13.2 Å². The van der Waals surface area contributed by atoms with Crippen LogP contribution in [0.1, 0.15) is 303 Å². The van der Waals surface area contributed by atoms with E-state index in [2.05, 4.69) is 118 Å². The van der Waals surface area contributed by atoms with Gasteiger partial charge in [-0.1, -0.05) is 291 Å². The van der Waals surface area contributed by atoms with Crippen molar-refractivity contribution < 1.29 is 28.6 Å². The van der Waals surface area contributed by atoms with Gasteiger partial charge in [-0.3, -0.25) is 14.4 Å². The first-order valence-corrected chi connectivity index (χ1v) is 32.4. The number of hydrogen-bond donors (Lipinski definition) is 0. The molecule has 1 unspecified atom stereocenters. The molecule has 0 saturated carbocycles. The Morgan fingerprint density at radius 3 is 0.922 bits per heavy atom. The van der Waals surface area contributed by atoms with Gasteiger partial charge >= 0.3 is 17.9 Å². The average Bonchev–Trinajstić information content (AvgIpc) is 3.43. The topological polar surface area (TPSA) is 78.9 Å². The highest BCUT2D eigenvalue weighted by molar-refractivity contribution is 5.72. The highest BCUT2D eigenvalue weighted by atomic mass is 16.6. The van der Waals surface area contributed by atoms with Crippen LogP contribution >= 0.6 is 0 Å². The number of unbranched alkanes of at least 4 members (excludes halogenated alkanes) is 30. The van der Waals surface area contributed by atoms with Crippen molar-refractivity contribution in [3.63, 3.8) is 0 Å². The fraction of sp³-hybridized carbons (Fsp3) is 0.704. The van der Waals surface area contributed by atoms with E-state index in [1.807, 2.05) is 6.08 Å². The molecule has 0 heterocycles. The second-order valence-electron chi connectivity index (χ2n) is 21.3. The number of carbonyl (C=O) groups excluding carboxylic acids is 3. The molecule has 0 N–H and O–H groups in total. The maximum atomic E-state index is 12.9. The number of hydrogen-bond acceptors (Lipinski definition) is 6. The normalized spacial score (nSPS) is 12.8. The van der Waals surface area contributed by atoms with E-state index in [1.54, 1.807) is 6.08 Å². The number of esters is 3. The van der Waals surface area contributed by atoms with Gasteiger partial charge in [0.05, 0.1) is 6.42 Å². The second-order valence-corrected chi connectivity index (χ2v) is 21.3. The fourth-order valence-corrected chi connectivity index (χ4v) is 9.00. The molecule has 0 rings (SSSR count). The molecular formula is C71H120O6. The zero-order valence-electron chi connectivity index (χ0n) is 50.4. The number of allylic oxidation sites excluding steroid dienone is 17. The van der Waals surface area contributed by atoms with Crippen LogP contribution in [0.5, 0.6) is 0 Å². The largest absolute Gasteiger partial charge is 0.462 e. The highest BCUT2D eigenvalue weighted by Crippen LogP contribution is 2.16. The maximum absolute atomic E-state index is 12.9. The Balaban J connectivity index is 4.35. The lowest BCUT2D eigenvalue weighted by molar-refractivity contribution is -0.166. The van der Waals surface area contributed by atoms with Crippen LogP contribution in [-0.2, 0) is 28.6 Å². The van der Waals surface area contributed by atoms with Crippen LogP contribution < -0.4 is 0 Å². The molecule has 1 atom stereocenters. The van der Waals surface area contributed by atoms with Crippen molar-refractivity contribution in [3.8, 4) is 0 Å². The molecule has 0 aliphatic heterocycles. The summed E-state index contributed by atoms with van der Waals surface area (Å²) < 4.78 is 16.8. The van der Waals surface area contributed by atoms with E-state index in [9.17, 15) is 14.4 Å². The number of rotatable bonds is 58. The van der Waals surface area contributed by atoms with Crippen LogP contribution in [0.15, 0.2) is 109 Å². The fourth-order valence-electron chi connectivity index (χ4n) is 9.00. The molecule has 0 aromatic carbocycles. The van der Waals surface area contributed by atoms with Crippen LogP contribution in [0.4, 0.5) is 0 Å². The van der Waals surface area contributed by atoms with E-state index in [4.69, 9.17) is 14.2 Å². The monoisotopic (exact) mass is 1070 g/mol. The summed E-state index contributed by atoms with van der Waals surface area (Å²) in [6.45, 7) is 6.34. The second kappa shape index (κ2) is 64.6. The van der Waals surface area contributed by atoms with Gasteiger partial charge in [-0.25, -0.2) is 0 Å². The maximum Gasteiger partial charge on any atom is 0.309 e. The Morgan fingerprint density at radius 1 is 0.286 bits per heavy atom. The van der Waals surface area contributed by atoms with Crippen molar-refractivity contribution in [1.82, 2.24) is 0 Å². The smallest absolute Gasteiger partial charge is 0.309 e. The van der Waals surface area contributed by atoms with Crippen LogP contribution in [0.2, 0.25) is 0 Å². The molecule has 0 aliphatic carbocycles.